The third kappa shape index (κ3) is 10.6. The molecular weight excluding hydrogens is 278 g/mol. The van der Waals surface area contributed by atoms with Crippen molar-refractivity contribution in [1.29, 1.82) is 1.43 Å². The van der Waals surface area contributed by atoms with Crippen LogP contribution in [0.5, 0.6) is 0 Å². The maximum absolute atomic E-state index is 11.6. The highest BCUT2D eigenvalue weighted by Gasteiger charge is 2.24. The number of unbranched alkanes of at least 4 members (excludes halogenated alkanes) is 1. The van der Waals surface area contributed by atoms with Crippen molar-refractivity contribution < 1.29 is 29.0 Å². The molecule has 1 amide bonds. The van der Waals surface area contributed by atoms with Gasteiger partial charge in [-0.2, -0.15) is 0 Å². The maximum atomic E-state index is 11.6. The predicted octanol–water partition coefficient (Wildman–Crippen LogP) is 2.09. The number of hydrogen-bond acceptors (Lipinski definition) is 6. The fourth-order valence-electron chi connectivity index (χ4n) is 1.36. The van der Waals surface area contributed by atoms with E-state index in [0.29, 0.717) is 6.61 Å². The molecule has 0 rings (SSSR count). The van der Waals surface area contributed by atoms with Crippen molar-refractivity contribution in [2.24, 2.45) is 0 Å². The number of alkyl carbamates (subject to hydrolysis) is 1. The Bertz CT molecular complexity index is 380. The second-order valence-electron chi connectivity index (χ2n) is 5.63. The zero-order valence-corrected chi connectivity index (χ0v) is 13.1. The molecule has 0 aliphatic carbocycles. The molecule has 0 aromatic heterocycles. The summed E-state index contributed by atoms with van der Waals surface area (Å²) >= 11 is 0. The molecule has 0 aliphatic rings. The lowest BCUT2D eigenvalue weighted by Crippen LogP contribution is -2.43. The van der Waals surface area contributed by atoms with Crippen LogP contribution >= 0.6 is 0 Å². The van der Waals surface area contributed by atoms with Crippen LogP contribution in [0.2, 0.25) is 0 Å². The average Bonchev–Trinajstić information content (AvgIpc) is 2.40. The van der Waals surface area contributed by atoms with E-state index in [1.54, 1.807) is 20.8 Å². The number of esters is 1. The monoisotopic (exact) mass is 305 g/mol. The molecule has 2 N–H and O–H groups in total. The lowest BCUT2D eigenvalue weighted by atomic mass is 10.1. The van der Waals surface area contributed by atoms with Gasteiger partial charge in [0.25, 0.3) is 1.43 Å². The van der Waals surface area contributed by atoms with Crippen molar-refractivity contribution in [2.45, 2.75) is 65.0 Å². The van der Waals surface area contributed by atoms with E-state index >= 15 is 0 Å². The molecule has 7 heteroatoms. The highest BCUT2D eigenvalue weighted by Crippen LogP contribution is 2.08. The molecule has 0 fully saturated rings. The number of carboxylic acids is 1. The van der Waals surface area contributed by atoms with Gasteiger partial charge in [-0.05, 0) is 33.6 Å². The molecule has 0 aromatic carbocycles. The maximum Gasteiger partial charge on any atom is 0.408 e. The lowest BCUT2D eigenvalue weighted by Gasteiger charge is -2.21. The van der Waals surface area contributed by atoms with Crippen molar-refractivity contribution in [3.05, 3.63) is 0 Å². The van der Waals surface area contributed by atoms with E-state index in [0.717, 1.165) is 12.8 Å². The van der Waals surface area contributed by atoms with E-state index in [2.05, 4.69) is 10.4 Å². The molecule has 1 atom stereocenters. The van der Waals surface area contributed by atoms with Crippen LogP contribution in [0.3, 0.4) is 0 Å². The number of ether oxygens (including phenoxy) is 2. The van der Waals surface area contributed by atoms with Gasteiger partial charge in [0.1, 0.15) is 11.6 Å². The van der Waals surface area contributed by atoms with Gasteiger partial charge in [-0.15, -0.1) is 0 Å². The van der Waals surface area contributed by atoms with Gasteiger partial charge in [-0.25, -0.2) is 9.59 Å². The van der Waals surface area contributed by atoms with Gasteiger partial charge in [0.05, 0.1) is 6.61 Å². The molecule has 7 nitrogen and oxygen atoms in total. The average molecular weight is 305 g/mol. The molecule has 0 bridgehead atoms. The fraction of sp³-hybridized carbons (Fsp3) is 0.786. The summed E-state index contributed by atoms with van der Waals surface area (Å²) in [4.78, 5) is 34.6. The molecule has 0 saturated carbocycles. The van der Waals surface area contributed by atoms with Crippen LogP contribution < -0.4 is 5.32 Å². The van der Waals surface area contributed by atoms with Gasteiger partial charge in [0.15, 0.2) is 0 Å². The Kier molecular flexibility index (Phi) is 7.56. The quantitative estimate of drug-likeness (QED) is 0.526. The number of carbonyl (C=O) groups excluding carboxylic acids is 2. The van der Waals surface area contributed by atoms with Crippen molar-refractivity contribution >= 4 is 18.0 Å². The van der Waals surface area contributed by atoms with Gasteiger partial charge < -0.3 is 19.9 Å². The second-order valence-corrected chi connectivity index (χ2v) is 5.63. The largest absolute Gasteiger partial charge is 0.480 e. The highest BCUT2D eigenvalue weighted by atomic mass is 16.6. The first-order chi connectivity index (χ1) is 10.2. The number of hydrogen-bond donors (Lipinski definition) is 2. The highest BCUT2D eigenvalue weighted by molar-refractivity contribution is 5.80. The fourth-order valence-corrected chi connectivity index (χ4v) is 1.36. The van der Waals surface area contributed by atoms with Crippen molar-refractivity contribution in [2.75, 3.05) is 6.61 Å². The first kappa shape index (κ1) is 17.3. The molecule has 0 aliphatic heterocycles. The number of nitrogens with one attached hydrogen (secondary N) is 1. The Morgan fingerprint density at radius 2 is 2.00 bits per heavy atom. The summed E-state index contributed by atoms with van der Waals surface area (Å²) in [5, 5.41) is 6.15. The molecule has 122 valence electrons. The van der Waals surface area contributed by atoms with E-state index in [1.807, 2.05) is 6.92 Å². The predicted molar refractivity (Wildman–Crippen MR) is 75.9 cm³/mol. The minimum absolute atomic E-state index is 0.0259. The Labute approximate surface area is 126 Å². The first-order valence-corrected chi connectivity index (χ1v) is 7.01. The topological polar surface area (TPSA) is 102 Å². The number of carboxylic acid groups (broad SMARTS) is 1. The van der Waals surface area contributed by atoms with Crippen LogP contribution in [0.25, 0.3) is 1.43 Å². The smallest absolute Gasteiger partial charge is 0.408 e. The molecule has 0 aromatic rings. The van der Waals surface area contributed by atoms with Gasteiger partial charge in [0, 0.05) is 6.42 Å². The Hall–Kier alpha value is -1.79. The zero-order chi connectivity index (χ0) is 17.2. The minimum Gasteiger partial charge on any atom is -0.480 e. The van der Waals surface area contributed by atoms with E-state index in [9.17, 15) is 14.4 Å². The van der Waals surface area contributed by atoms with Crippen LogP contribution in [0.1, 0.15) is 53.4 Å². The van der Waals surface area contributed by atoms with E-state index in [1.165, 1.54) is 0 Å². The minimum atomic E-state index is -1.13. The first-order valence-electron chi connectivity index (χ1n) is 7.42. The summed E-state index contributed by atoms with van der Waals surface area (Å²) in [7, 11) is 0. The molecule has 0 unspecified atom stereocenters. The summed E-state index contributed by atoms with van der Waals surface area (Å²) in [6.07, 6.45) is 0.755. The summed E-state index contributed by atoms with van der Waals surface area (Å²) in [5.41, 5.74) is -0.724. The van der Waals surface area contributed by atoms with Gasteiger partial charge >= 0.3 is 18.0 Å². The molecular formula is C14H25NO6. The van der Waals surface area contributed by atoms with Crippen molar-refractivity contribution in [3.8, 4) is 0 Å². The third-order valence-electron chi connectivity index (χ3n) is 2.37. The molecule has 0 saturated heterocycles. The number of amides is 1. The summed E-state index contributed by atoms with van der Waals surface area (Å²) < 4.78 is 16.6. The van der Waals surface area contributed by atoms with Crippen LogP contribution in [-0.4, -0.2) is 41.4 Å². The summed E-state index contributed by atoms with van der Waals surface area (Å²) in [5.74, 6) is -1.44. The molecule has 0 radical (unpaired) electrons. The Morgan fingerprint density at radius 3 is 2.52 bits per heavy atom. The van der Waals surface area contributed by atoms with E-state index in [-0.39, 0.29) is 12.8 Å². The standard InChI is InChI=1S/C14H25NO6/c1-5-6-9-20-11(16)8-7-10(12(17)18)15-13(19)21-14(2,3)4/h10H,5-9H2,1-4H3,(H,15,19)(H,17,18)/t10-/m0/s1/i/hT. The number of carbonyl (C=O) groups is 3. The lowest BCUT2D eigenvalue weighted by molar-refractivity contribution is -0.144. The van der Waals surface area contributed by atoms with Crippen LogP contribution in [0.4, 0.5) is 4.79 Å². The van der Waals surface area contributed by atoms with E-state index in [4.69, 9.17) is 10.9 Å². The Morgan fingerprint density at radius 1 is 1.33 bits per heavy atom. The zero-order valence-electron chi connectivity index (χ0n) is 14.1. The van der Waals surface area contributed by atoms with Crippen molar-refractivity contribution in [3.63, 3.8) is 0 Å². The summed E-state index contributed by atoms with van der Waals surface area (Å²) in [6.45, 7) is 7.32. The number of aliphatic carboxylic acids is 1. The molecule has 0 spiro atoms. The third-order valence-corrected chi connectivity index (χ3v) is 2.37. The van der Waals surface area contributed by atoms with Crippen LogP contribution in [-0.2, 0) is 19.1 Å². The SMILES string of the molecule is [3H]OC(=O)[C@H](CCC(=O)OCCCC)NC(=O)OC(C)(C)C. The van der Waals surface area contributed by atoms with Gasteiger partial charge in [-0.1, -0.05) is 13.3 Å². The van der Waals surface area contributed by atoms with Crippen LogP contribution in [0, 0.1) is 0 Å². The van der Waals surface area contributed by atoms with Crippen LogP contribution in [0.15, 0.2) is 0 Å². The normalized spacial score (nSPS) is 12.9. The van der Waals surface area contributed by atoms with Gasteiger partial charge in [-0.3, -0.25) is 4.79 Å². The molecule has 21 heavy (non-hydrogen) atoms. The van der Waals surface area contributed by atoms with E-state index < -0.39 is 29.7 Å². The Balaban J connectivity index is 4.38. The van der Waals surface area contributed by atoms with Gasteiger partial charge in [0.2, 0.25) is 0 Å². The number of rotatable bonds is 8. The van der Waals surface area contributed by atoms with Crippen molar-refractivity contribution in [1.82, 2.24) is 5.32 Å². The second kappa shape index (κ2) is 9.20. The molecule has 0 heterocycles. The summed E-state index contributed by atoms with van der Waals surface area (Å²) in [6, 6.07) is -1.13.